The summed E-state index contributed by atoms with van der Waals surface area (Å²) >= 11 is 0. The molecule has 1 atom stereocenters. The number of rotatable bonds is 6. The van der Waals surface area contributed by atoms with E-state index in [2.05, 4.69) is 10.5 Å². The summed E-state index contributed by atoms with van der Waals surface area (Å²) < 4.78 is 18.8. The van der Waals surface area contributed by atoms with Gasteiger partial charge in [0.25, 0.3) is 0 Å². The molecule has 6 nitrogen and oxygen atoms in total. The highest BCUT2D eigenvalue weighted by atomic mass is 19.1. The SMILES string of the molecule is COc1ccc(C2=NO[C@H](CN(Cc3cccc(F)c3)C(=O)NC(C)(C)C)C2)cc1. The maximum Gasteiger partial charge on any atom is 0.318 e. The smallest absolute Gasteiger partial charge is 0.318 e. The van der Waals surface area contributed by atoms with Crippen molar-refractivity contribution < 1.29 is 18.8 Å². The number of nitrogens with zero attached hydrogens (tertiary/aromatic N) is 2. The van der Waals surface area contributed by atoms with E-state index in [4.69, 9.17) is 9.57 Å². The molecule has 0 saturated heterocycles. The summed E-state index contributed by atoms with van der Waals surface area (Å²) in [6.45, 7) is 6.37. The van der Waals surface area contributed by atoms with Crippen molar-refractivity contribution in [2.75, 3.05) is 13.7 Å². The van der Waals surface area contributed by atoms with E-state index in [0.717, 1.165) is 17.0 Å². The van der Waals surface area contributed by atoms with Gasteiger partial charge in [0.15, 0.2) is 6.10 Å². The zero-order chi connectivity index (χ0) is 21.7. The Balaban J connectivity index is 1.69. The van der Waals surface area contributed by atoms with Gasteiger partial charge in [0.2, 0.25) is 0 Å². The summed E-state index contributed by atoms with van der Waals surface area (Å²) in [5, 5.41) is 7.18. The predicted octanol–water partition coefficient (Wildman–Crippen LogP) is 4.34. The van der Waals surface area contributed by atoms with Crippen LogP contribution >= 0.6 is 0 Å². The van der Waals surface area contributed by atoms with Crippen LogP contribution in [0.25, 0.3) is 0 Å². The first-order valence-corrected chi connectivity index (χ1v) is 9.92. The number of halogens is 1. The van der Waals surface area contributed by atoms with Crippen molar-refractivity contribution in [3.05, 3.63) is 65.5 Å². The van der Waals surface area contributed by atoms with E-state index < -0.39 is 5.54 Å². The van der Waals surface area contributed by atoms with Crippen LogP contribution in [0.4, 0.5) is 9.18 Å². The number of nitrogens with one attached hydrogen (secondary N) is 1. The fraction of sp³-hybridized carbons (Fsp3) is 0.391. The lowest BCUT2D eigenvalue weighted by atomic mass is 10.0. The van der Waals surface area contributed by atoms with Gasteiger partial charge >= 0.3 is 6.03 Å². The van der Waals surface area contributed by atoms with Crippen LogP contribution in [-0.4, -0.2) is 41.9 Å². The first kappa shape index (κ1) is 21.6. The van der Waals surface area contributed by atoms with Gasteiger partial charge in [-0.1, -0.05) is 17.3 Å². The third-order valence-corrected chi connectivity index (χ3v) is 4.61. The maximum absolute atomic E-state index is 13.6. The second kappa shape index (κ2) is 9.15. The number of carbonyl (C=O) groups is 1. The van der Waals surface area contributed by atoms with E-state index in [-0.39, 0.29) is 24.5 Å². The average Bonchev–Trinajstić information content (AvgIpc) is 3.15. The van der Waals surface area contributed by atoms with Gasteiger partial charge in [-0.25, -0.2) is 9.18 Å². The molecule has 0 saturated carbocycles. The first-order chi connectivity index (χ1) is 14.2. The third kappa shape index (κ3) is 5.95. The quantitative estimate of drug-likeness (QED) is 0.766. The summed E-state index contributed by atoms with van der Waals surface area (Å²) in [7, 11) is 1.62. The number of hydrogen-bond donors (Lipinski definition) is 1. The first-order valence-electron chi connectivity index (χ1n) is 9.92. The molecule has 1 aliphatic heterocycles. The van der Waals surface area contributed by atoms with Crippen LogP contribution in [0.15, 0.2) is 53.7 Å². The Labute approximate surface area is 176 Å². The summed E-state index contributed by atoms with van der Waals surface area (Å²) in [6, 6.07) is 13.6. The minimum atomic E-state index is -0.390. The van der Waals surface area contributed by atoms with Gasteiger partial charge in [0.05, 0.1) is 19.4 Å². The minimum absolute atomic E-state index is 0.228. The van der Waals surface area contributed by atoms with Crippen LogP contribution in [0.5, 0.6) is 5.75 Å². The number of oxime groups is 1. The Morgan fingerprint density at radius 2 is 2.00 bits per heavy atom. The van der Waals surface area contributed by atoms with E-state index in [1.807, 2.05) is 45.0 Å². The van der Waals surface area contributed by atoms with Crippen molar-refractivity contribution in [2.24, 2.45) is 5.16 Å². The highest BCUT2D eigenvalue weighted by Gasteiger charge is 2.28. The number of carbonyl (C=O) groups excluding carboxylic acids is 1. The Morgan fingerprint density at radius 3 is 2.63 bits per heavy atom. The number of ether oxygens (including phenoxy) is 1. The van der Waals surface area contributed by atoms with Gasteiger partial charge in [0.1, 0.15) is 11.6 Å². The molecule has 0 fully saturated rings. The van der Waals surface area contributed by atoms with Crippen molar-refractivity contribution in [3.8, 4) is 5.75 Å². The monoisotopic (exact) mass is 413 g/mol. The van der Waals surface area contributed by atoms with Crippen molar-refractivity contribution >= 4 is 11.7 Å². The van der Waals surface area contributed by atoms with Gasteiger partial charge < -0.3 is 19.8 Å². The van der Waals surface area contributed by atoms with Crippen molar-refractivity contribution in [1.82, 2.24) is 10.2 Å². The lowest BCUT2D eigenvalue weighted by molar-refractivity contribution is 0.0580. The molecular formula is C23H28FN3O3. The van der Waals surface area contributed by atoms with Crippen LogP contribution in [0.3, 0.4) is 0 Å². The Morgan fingerprint density at radius 1 is 1.27 bits per heavy atom. The summed E-state index contributed by atoms with van der Waals surface area (Å²) in [5.74, 6) is 0.445. The van der Waals surface area contributed by atoms with Gasteiger partial charge in [-0.2, -0.15) is 0 Å². The standard InChI is InChI=1S/C23H28FN3O3/c1-23(2,3)25-22(28)27(14-16-6-5-7-18(24)12-16)15-20-13-21(26-30-20)17-8-10-19(29-4)11-9-17/h5-12,20H,13-15H2,1-4H3,(H,25,28)/t20-/m0/s1. The Hall–Kier alpha value is -3.09. The molecule has 1 N–H and O–H groups in total. The molecule has 1 aliphatic rings. The highest BCUT2D eigenvalue weighted by molar-refractivity contribution is 6.01. The van der Waals surface area contributed by atoms with Crippen molar-refractivity contribution in [2.45, 2.75) is 45.4 Å². The molecule has 0 radical (unpaired) electrons. The third-order valence-electron chi connectivity index (χ3n) is 4.61. The normalized spacial score (nSPS) is 15.9. The van der Waals surface area contributed by atoms with E-state index in [9.17, 15) is 9.18 Å². The van der Waals surface area contributed by atoms with E-state index in [1.165, 1.54) is 12.1 Å². The van der Waals surface area contributed by atoms with Gasteiger partial charge in [-0.15, -0.1) is 0 Å². The molecule has 1 heterocycles. The maximum atomic E-state index is 13.6. The van der Waals surface area contributed by atoms with Gasteiger partial charge in [-0.3, -0.25) is 0 Å². The summed E-state index contributed by atoms with van der Waals surface area (Å²) in [6.07, 6.45) is 0.302. The number of hydrogen-bond acceptors (Lipinski definition) is 4. The molecule has 0 bridgehead atoms. The molecule has 0 spiro atoms. The molecular weight excluding hydrogens is 385 g/mol. The van der Waals surface area contributed by atoms with Gasteiger partial charge in [-0.05, 0) is 68.3 Å². The zero-order valence-corrected chi connectivity index (χ0v) is 17.8. The fourth-order valence-electron chi connectivity index (χ4n) is 3.20. The number of benzene rings is 2. The zero-order valence-electron chi connectivity index (χ0n) is 17.8. The number of amides is 2. The molecule has 160 valence electrons. The van der Waals surface area contributed by atoms with Crippen LogP contribution in [0.2, 0.25) is 0 Å². The summed E-state index contributed by atoms with van der Waals surface area (Å²) in [4.78, 5) is 20.1. The molecule has 0 aromatic heterocycles. The fourth-order valence-corrected chi connectivity index (χ4v) is 3.20. The van der Waals surface area contributed by atoms with Crippen LogP contribution in [0, 0.1) is 5.82 Å². The van der Waals surface area contributed by atoms with Crippen LogP contribution < -0.4 is 10.1 Å². The molecule has 0 unspecified atom stereocenters. The van der Waals surface area contributed by atoms with E-state index >= 15 is 0 Å². The molecule has 2 aromatic rings. The lowest BCUT2D eigenvalue weighted by Crippen LogP contribution is -2.50. The second-order valence-corrected chi connectivity index (χ2v) is 8.39. The minimum Gasteiger partial charge on any atom is -0.497 e. The van der Waals surface area contributed by atoms with Crippen LogP contribution in [0.1, 0.15) is 38.3 Å². The van der Waals surface area contributed by atoms with E-state index in [0.29, 0.717) is 18.5 Å². The van der Waals surface area contributed by atoms with Gasteiger partial charge in [0, 0.05) is 18.5 Å². The number of urea groups is 1. The molecule has 2 amide bonds. The van der Waals surface area contributed by atoms with Crippen molar-refractivity contribution in [1.29, 1.82) is 0 Å². The lowest BCUT2D eigenvalue weighted by Gasteiger charge is -2.29. The summed E-state index contributed by atoms with van der Waals surface area (Å²) in [5.41, 5.74) is 2.10. The van der Waals surface area contributed by atoms with Crippen molar-refractivity contribution in [3.63, 3.8) is 0 Å². The Kier molecular flexibility index (Phi) is 6.59. The molecule has 30 heavy (non-hydrogen) atoms. The second-order valence-electron chi connectivity index (χ2n) is 8.39. The topological polar surface area (TPSA) is 63.2 Å². The van der Waals surface area contributed by atoms with Crippen LogP contribution in [-0.2, 0) is 11.4 Å². The Bertz CT molecular complexity index is 907. The molecule has 3 rings (SSSR count). The molecule has 0 aliphatic carbocycles. The van der Waals surface area contributed by atoms with E-state index in [1.54, 1.807) is 24.1 Å². The molecule has 7 heteroatoms. The largest absolute Gasteiger partial charge is 0.497 e. The number of methoxy groups -OCH3 is 1. The average molecular weight is 413 g/mol. The molecule has 2 aromatic carbocycles. The predicted molar refractivity (Wildman–Crippen MR) is 114 cm³/mol. The highest BCUT2D eigenvalue weighted by Crippen LogP contribution is 2.21.